The molecule has 1 aliphatic rings. The molecule has 0 atom stereocenters. The third kappa shape index (κ3) is 3.43. The Hall–Kier alpha value is -2.19. The largest absolute Gasteiger partial charge is 0.300 e. The summed E-state index contributed by atoms with van der Waals surface area (Å²) < 4.78 is 0. The molecule has 2 heteroatoms. The third-order valence-corrected chi connectivity index (χ3v) is 4.56. The number of rotatable bonds is 5. The van der Waals surface area contributed by atoms with Gasteiger partial charge in [0, 0.05) is 24.1 Å². The molecule has 0 spiro atoms. The molecule has 0 bridgehead atoms. The number of hydrogen-bond acceptors (Lipinski definition) is 2. The molecule has 0 unspecified atom stereocenters. The molecule has 2 aromatic carbocycles. The average Bonchev–Trinajstić information content (AvgIpc) is 2.90. The first-order valence-corrected chi connectivity index (χ1v) is 8.35. The van der Waals surface area contributed by atoms with Gasteiger partial charge in [0.15, 0.2) is 5.78 Å². The van der Waals surface area contributed by atoms with Crippen LogP contribution in [0.5, 0.6) is 0 Å². The first-order chi connectivity index (χ1) is 11.2. The monoisotopic (exact) mass is 305 g/mol. The number of benzene rings is 2. The fourth-order valence-corrected chi connectivity index (χ4v) is 3.10. The average molecular weight is 305 g/mol. The van der Waals surface area contributed by atoms with Crippen LogP contribution in [0, 0.1) is 0 Å². The zero-order chi connectivity index (χ0) is 16.2. The van der Waals surface area contributed by atoms with E-state index in [2.05, 4.69) is 43.0 Å². The Morgan fingerprint density at radius 2 is 1.70 bits per heavy atom. The zero-order valence-electron chi connectivity index (χ0n) is 13.9. The lowest BCUT2D eigenvalue weighted by atomic mass is 10.1. The minimum Gasteiger partial charge on any atom is -0.300 e. The highest BCUT2D eigenvalue weighted by Crippen LogP contribution is 2.27. The zero-order valence-corrected chi connectivity index (χ0v) is 13.9. The molecule has 0 aromatic heterocycles. The molecule has 0 fully saturated rings. The molecule has 0 radical (unpaired) electrons. The predicted molar refractivity (Wildman–Crippen MR) is 95.5 cm³/mol. The summed E-state index contributed by atoms with van der Waals surface area (Å²) in [7, 11) is 0. The van der Waals surface area contributed by atoms with Crippen LogP contribution in [-0.2, 0) is 13.0 Å². The molecule has 1 aliphatic carbocycles. The number of Topliss-reactive ketones (excluding diaryl/α,β-unsaturated/α-hetero) is 1. The summed E-state index contributed by atoms with van der Waals surface area (Å²) >= 11 is 0. The standard InChI is InChI=1S/C21H23NO/c1-3-22(4-2)15-17-11-9-16(10-12-17)13-19-14-18-7-5-6-8-20(18)21(19)23/h5-13H,3-4,14-15H2,1-2H3/b19-13+. The molecular formula is C21H23NO. The van der Waals surface area contributed by atoms with Gasteiger partial charge in [-0.15, -0.1) is 0 Å². The molecule has 0 heterocycles. The van der Waals surface area contributed by atoms with Crippen LogP contribution in [0.4, 0.5) is 0 Å². The van der Waals surface area contributed by atoms with E-state index in [0.29, 0.717) is 0 Å². The molecule has 118 valence electrons. The topological polar surface area (TPSA) is 20.3 Å². The number of carbonyl (C=O) groups excluding carboxylic acids is 1. The molecule has 2 aromatic rings. The van der Waals surface area contributed by atoms with Crippen LogP contribution in [0.3, 0.4) is 0 Å². The van der Waals surface area contributed by atoms with Gasteiger partial charge >= 0.3 is 0 Å². The molecule has 0 saturated heterocycles. The Morgan fingerprint density at radius 3 is 2.35 bits per heavy atom. The van der Waals surface area contributed by atoms with Crippen LogP contribution in [0.1, 0.15) is 40.9 Å². The van der Waals surface area contributed by atoms with Gasteiger partial charge in [-0.2, -0.15) is 0 Å². The first-order valence-electron chi connectivity index (χ1n) is 8.35. The minimum absolute atomic E-state index is 0.174. The summed E-state index contributed by atoms with van der Waals surface area (Å²) in [5.74, 6) is 0.174. The van der Waals surface area contributed by atoms with E-state index < -0.39 is 0 Å². The van der Waals surface area contributed by atoms with E-state index in [0.717, 1.165) is 48.3 Å². The highest BCUT2D eigenvalue weighted by Gasteiger charge is 2.23. The Morgan fingerprint density at radius 1 is 1.00 bits per heavy atom. The van der Waals surface area contributed by atoms with Gasteiger partial charge in [-0.3, -0.25) is 9.69 Å². The summed E-state index contributed by atoms with van der Waals surface area (Å²) in [6.07, 6.45) is 2.78. The summed E-state index contributed by atoms with van der Waals surface area (Å²) in [6, 6.07) is 16.4. The van der Waals surface area contributed by atoms with Crippen molar-refractivity contribution in [1.29, 1.82) is 0 Å². The van der Waals surface area contributed by atoms with Crippen LogP contribution in [0.2, 0.25) is 0 Å². The number of nitrogens with zero attached hydrogens (tertiary/aromatic N) is 1. The van der Waals surface area contributed by atoms with Crippen molar-refractivity contribution in [3.8, 4) is 0 Å². The highest BCUT2D eigenvalue weighted by atomic mass is 16.1. The van der Waals surface area contributed by atoms with E-state index in [1.165, 1.54) is 5.56 Å². The fourth-order valence-electron chi connectivity index (χ4n) is 3.10. The lowest BCUT2D eigenvalue weighted by Gasteiger charge is -2.17. The van der Waals surface area contributed by atoms with E-state index in [4.69, 9.17) is 0 Å². The van der Waals surface area contributed by atoms with Gasteiger partial charge in [0.25, 0.3) is 0 Å². The highest BCUT2D eigenvalue weighted by molar-refractivity contribution is 6.15. The fraction of sp³-hybridized carbons (Fsp3) is 0.286. The van der Waals surface area contributed by atoms with E-state index in [1.54, 1.807) is 0 Å². The number of hydrogen-bond donors (Lipinski definition) is 0. The number of ketones is 1. The van der Waals surface area contributed by atoms with E-state index in [1.807, 2.05) is 30.3 Å². The van der Waals surface area contributed by atoms with Crippen LogP contribution in [0.15, 0.2) is 54.1 Å². The van der Waals surface area contributed by atoms with Crippen molar-refractivity contribution in [2.75, 3.05) is 13.1 Å². The number of fused-ring (bicyclic) bond motifs is 1. The second-order valence-corrected chi connectivity index (χ2v) is 6.04. The molecule has 0 saturated carbocycles. The first kappa shape index (κ1) is 15.7. The Bertz CT molecular complexity index is 724. The molecule has 0 N–H and O–H groups in total. The second kappa shape index (κ2) is 6.93. The van der Waals surface area contributed by atoms with Gasteiger partial charge in [0.1, 0.15) is 0 Å². The van der Waals surface area contributed by atoms with Crippen LogP contribution < -0.4 is 0 Å². The van der Waals surface area contributed by atoms with Crippen molar-refractivity contribution in [2.24, 2.45) is 0 Å². The van der Waals surface area contributed by atoms with Gasteiger partial charge in [0.2, 0.25) is 0 Å². The summed E-state index contributed by atoms with van der Waals surface area (Å²) in [6.45, 7) is 7.48. The minimum atomic E-state index is 0.174. The van der Waals surface area contributed by atoms with Crippen molar-refractivity contribution in [2.45, 2.75) is 26.8 Å². The van der Waals surface area contributed by atoms with Crippen molar-refractivity contribution in [3.05, 3.63) is 76.4 Å². The maximum absolute atomic E-state index is 12.4. The molecule has 0 amide bonds. The van der Waals surface area contributed by atoms with Gasteiger partial charge < -0.3 is 0 Å². The SMILES string of the molecule is CCN(CC)Cc1ccc(/C=C2\Cc3ccccc3C2=O)cc1. The molecular weight excluding hydrogens is 282 g/mol. The van der Waals surface area contributed by atoms with Crippen molar-refractivity contribution < 1.29 is 4.79 Å². The van der Waals surface area contributed by atoms with Gasteiger partial charge in [-0.05, 0) is 35.9 Å². The van der Waals surface area contributed by atoms with Gasteiger partial charge in [0.05, 0.1) is 0 Å². The third-order valence-electron chi connectivity index (χ3n) is 4.56. The Balaban J connectivity index is 1.75. The summed E-state index contributed by atoms with van der Waals surface area (Å²) in [5.41, 5.74) is 5.31. The molecule has 2 nitrogen and oxygen atoms in total. The van der Waals surface area contributed by atoms with Crippen LogP contribution >= 0.6 is 0 Å². The maximum Gasteiger partial charge on any atom is 0.189 e. The molecule has 23 heavy (non-hydrogen) atoms. The second-order valence-electron chi connectivity index (χ2n) is 6.04. The summed E-state index contributed by atoms with van der Waals surface area (Å²) in [5, 5.41) is 0. The predicted octanol–water partition coefficient (Wildman–Crippen LogP) is 4.35. The van der Waals surface area contributed by atoms with Gasteiger partial charge in [-0.25, -0.2) is 0 Å². The maximum atomic E-state index is 12.4. The van der Waals surface area contributed by atoms with Crippen LogP contribution in [0.25, 0.3) is 6.08 Å². The van der Waals surface area contributed by atoms with Gasteiger partial charge in [-0.1, -0.05) is 62.4 Å². The van der Waals surface area contributed by atoms with Crippen LogP contribution in [-0.4, -0.2) is 23.8 Å². The smallest absolute Gasteiger partial charge is 0.189 e. The Kier molecular flexibility index (Phi) is 4.73. The summed E-state index contributed by atoms with van der Waals surface area (Å²) in [4.78, 5) is 14.8. The lowest BCUT2D eigenvalue weighted by molar-refractivity contribution is 0.104. The van der Waals surface area contributed by atoms with E-state index >= 15 is 0 Å². The van der Waals surface area contributed by atoms with E-state index in [-0.39, 0.29) is 5.78 Å². The Labute approximate surface area is 138 Å². The quantitative estimate of drug-likeness (QED) is 0.765. The number of allylic oxidation sites excluding steroid dienone is 1. The normalized spacial score (nSPS) is 15.4. The van der Waals surface area contributed by atoms with Crippen molar-refractivity contribution in [1.82, 2.24) is 4.90 Å². The number of carbonyl (C=O) groups is 1. The van der Waals surface area contributed by atoms with Crippen molar-refractivity contribution in [3.63, 3.8) is 0 Å². The van der Waals surface area contributed by atoms with E-state index in [9.17, 15) is 4.79 Å². The van der Waals surface area contributed by atoms with Crippen molar-refractivity contribution >= 4 is 11.9 Å². The lowest BCUT2D eigenvalue weighted by Crippen LogP contribution is -2.21. The molecule has 0 aliphatic heterocycles. The molecule has 3 rings (SSSR count).